The second kappa shape index (κ2) is 4.37. The summed E-state index contributed by atoms with van der Waals surface area (Å²) in [5.74, 6) is 0. The summed E-state index contributed by atoms with van der Waals surface area (Å²) in [7, 11) is 4.49. The Kier molecular flexibility index (Phi) is 3.21. The van der Waals surface area contributed by atoms with Crippen LogP contribution in [0.3, 0.4) is 0 Å². The maximum atomic E-state index is 2.25. The van der Waals surface area contributed by atoms with Gasteiger partial charge in [0.1, 0.15) is 0 Å². The van der Waals surface area contributed by atoms with E-state index in [2.05, 4.69) is 62.6 Å². The predicted molar refractivity (Wildman–Crippen MR) is 70.3 cm³/mol. The molecule has 0 atom stereocenters. The van der Waals surface area contributed by atoms with Gasteiger partial charge >= 0.3 is 0 Å². The molecule has 3 heteroatoms. The average Bonchev–Trinajstić information content (AvgIpc) is 2.29. The van der Waals surface area contributed by atoms with Crippen molar-refractivity contribution in [1.82, 2.24) is 4.48 Å². The average molecular weight is 264 g/mol. The minimum atomic E-state index is 0. The van der Waals surface area contributed by atoms with Gasteiger partial charge < -0.3 is 12.4 Å². The summed E-state index contributed by atoms with van der Waals surface area (Å²) in [6.45, 7) is 0. The van der Waals surface area contributed by atoms with E-state index < -0.39 is 0 Å². The zero-order valence-electron chi connectivity index (χ0n) is 9.85. The molecule has 0 radical (unpaired) electrons. The monoisotopic (exact) mass is 263 g/mol. The van der Waals surface area contributed by atoms with Gasteiger partial charge in [-0.1, -0.05) is 36.0 Å². The molecular weight excluding hydrogens is 250 g/mol. The van der Waals surface area contributed by atoms with Crippen LogP contribution < -0.4 is 16.9 Å². The number of halogens is 1. The number of hydrogen-bond acceptors (Lipinski definition) is 1. The van der Waals surface area contributed by atoms with Crippen LogP contribution >= 0.6 is 11.8 Å². The molecule has 2 aromatic carbocycles. The molecule has 0 aromatic heterocycles. The number of para-hydroxylation sites is 2. The van der Waals surface area contributed by atoms with Crippen LogP contribution in [0, 0.1) is 0 Å². The summed E-state index contributed by atoms with van der Waals surface area (Å²) in [6, 6.07) is 17.3. The van der Waals surface area contributed by atoms with E-state index in [1.165, 1.54) is 21.2 Å². The normalized spacial score (nSPS) is 15.4. The molecule has 2 aromatic rings. The fourth-order valence-electron chi connectivity index (χ4n) is 2.26. The molecule has 1 aliphatic rings. The van der Waals surface area contributed by atoms with E-state index in [0.717, 1.165) is 4.48 Å². The van der Waals surface area contributed by atoms with Crippen molar-refractivity contribution in [2.45, 2.75) is 9.79 Å². The largest absolute Gasteiger partial charge is 1.00 e. The third-order valence-electron chi connectivity index (χ3n) is 3.15. The molecular formula is C14H14ClNS. The molecule has 0 saturated heterocycles. The van der Waals surface area contributed by atoms with Crippen LogP contribution in [0.5, 0.6) is 0 Å². The standard InChI is InChI=1S/C14H14NS.ClH/c1-15(2)11-7-3-5-9-13(11)16-14-10-6-4-8-12(14)15;/h3-10H,1-2H3;1H/q+1;/p-1. The van der Waals surface area contributed by atoms with Crippen LogP contribution in [0.2, 0.25) is 0 Å². The number of nitrogens with zero attached hydrogens (tertiary/aromatic N) is 1. The second-order valence-electron chi connectivity index (χ2n) is 4.49. The molecule has 0 saturated carbocycles. The molecule has 0 bridgehead atoms. The Bertz CT molecular complexity index is 504. The predicted octanol–water partition coefficient (Wildman–Crippen LogP) is 1.05. The molecule has 0 aliphatic carbocycles. The summed E-state index contributed by atoms with van der Waals surface area (Å²) in [5.41, 5.74) is 2.76. The third kappa shape index (κ3) is 1.86. The van der Waals surface area contributed by atoms with Gasteiger partial charge in [0.05, 0.1) is 23.9 Å². The molecule has 17 heavy (non-hydrogen) atoms. The lowest BCUT2D eigenvalue weighted by atomic mass is 10.2. The summed E-state index contributed by atoms with van der Waals surface area (Å²) in [5, 5.41) is 0. The van der Waals surface area contributed by atoms with Crippen molar-refractivity contribution in [3.63, 3.8) is 0 Å². The van der Waals surface area contributed by atoms with E-state index in [1.54, 1.807) is 0 Å². The van der Waals surface area contributed by atoms with Crippen LogP contribution in [0.4, 0.5) is 11.4 Å². The van der Waals surface area contributed by atoms with Crippen LogP contribution in [-0.4, -0.2) is 14.1 Å². The highest BCUT2D eigenvalue weighted by molar-refractivity contribution is 7.99. The Balaban J connectivity index is 0.00000108. The van der Waals surface area contributed by atoms with E-state index in [4.69, 9.17) is 0 Å². The number of benzene rings is 2. The van der Waals surface area contributed by atoms with Crippen molar-refractivity contribution in [3.05, 3.63) is 48.5 Å². The molecule has 1 nitrogen and oxygen atoms in total. The molecule has 1 heterocycles. The Morgan fingerprint density at radius 2 is 1.18 bits per heavy atom. The first-order valence-electron chi connectivity index (χ1n) is 5.40. The highest BCUT2D eigenvalue weighted by Gasteiger charge is 2.33. The van der Waals surface area contributed by atoms with Gasteiger partial charge in [-0.2, -0.15) is 0 Å². The van der Waals surface area contributed by atoms with Crippen LogP contribution in [0.25, 0.3) is 0 Å². The maximum absolute atomic E-state index is 2.25. The van der Waals surface area contributed by atoms with Crippen molar-refractivity contribution in [3.8, 4) is 0 Å². The molecule has 1 aliphatic heterocycles. The second-order valence-corrected chi connectivity index (χ2v) is 5.57. The Labute approximate surface area is 112 Å². The van der Waals surface area contributed by atoms with E-state index in [-0.39, 0.29) is 12.4 Å². The first kappa shape index (κ1) is 12.5. The minimum absolute atomic E-state index is 0. The van der Waals surface area contributed by atoms with Crippen LogP contribution in [-0.2, 0) is 0 Å². The molecule has 0 spiro atoms. The number of rotatable bonds is 0. The highest BCUT2D eigenvalue weighted by atomic mass is 35.5. The van der Waals surface area contributed by atoms with Gasteiger partial charge in [-0.05, 0) is 12.1 Å². The van der Waals surface area contributed by atoms with E-state index >= 15 is 0 Å². The molecule has 0 amide bonds. The molecule has 0 N–H and O–H groups in total. The first-order chi connectivity index (χ1) is 7.69. The Morgan fingerprint density at radius 1 is 0.765 bits per heavy atom. The van der Waals surface area contributed by atoms with Gasteiger partial charge in [0.2, 0.25) is 0 Å². The third-order valence-corrected chi connectivity index (χ3v) is 4.29. The first-order valence-corrected chi connectivity index (χ1v) is 6.22. The number of hydrogen-bond donors (Lipinski definition) is 0. The lowest BCUT2D eigenvalue weighted by Gasteiger charge is -2.35. The van der Waals surface area contributed by atoms with Crippen molar-refractivity contribution in [2.75, 3.05) is 14.1 Å². The van der Waals surface area contributed by atoms with Gasteiger partial charge in [0.15, 0.2) is 11.4 Å². The van der Waals surface area contributed by atoms with Crippen molar-refractivity contribution >= 4 is 23.1 Å². The highest BCUT2D eigenvalue weighted by Crippen LogP contribution is 2.50. The van der Waals surface area contributed by atoms with Crippen LogP contribution in [0.15, 0.2) is 58.3 Å². The fraction of sp³-hybridized carbons (Fsp3) is 0.143. The molecule has 3 rings (SSSR count). The Morgan fingerprint density at radius 3 is 1.65 bits per heavy atom. The molecule has 0 fully saturated rings. The zero-order chi connectivity index (χ0) is 11.2. The molecule has 88 valence electrons. The van der Waals surface area contributed by atoms with Gasteiger partial charge in [0.25, 0.3) is 0 Å². The number of quaternary nitrogens is 1. The maximum Gasteiger partial charge on any atom is 0.151 e. The summed E-state index contributed by atoms with van der Waals surface area (Å²) < 4.78 is 0.833. The Hall–Kier alpha value is -0.960. The zero-order valence-corrected chi connectivity index (χ0v) is 11.4. The smallest absolute Gasteiger partial charge is 0.151 e. The SMILES string of the molecule is C[N+]1(C)c2ccccc2Sc2ccccc21.[Cl-]. The summed E-state index contributed by atoms with van der Waals surface area (Å²) in [4.78, 5) is 2.73. The van der Waals surface area contributed by atoms with Gasteiger partial charge in [-0.25, -0.2) is 0 Å². The minimum Gasteiger partial charge on any atom is -1.00 e. The molecule has 0 unspecified atom stereocenters. The number of fused-ring (bicyclic) bond motifs is 2. The van der Waals surface area contributed by atoms with Gasteiger partial charge in [-0.15, -0.1) is 0 Å². The van der Waals surface area contributed by atoms with E-state index in [9.17, 15) is 0 Å². The van der Waals surface area contributed by atoms with E-state index in [1.807, 2.05) is 11.8 Å². The fourth-order valence-corrected chi connectivity index (χ4v) is 3.59. The lowest BCUT2D eigenvalue weighted by molar-refractivity contribution is -0.00000319. The van der Waals surface area contributed by atoms with Crippen molar-refractivity contribution < 1.29 is 12.4 Å². The van der Waals surface area contributed by atoms with Crippen molar-refractivity contribution in [2.24, 2.45) is 0 Å². The summed E-state index contributed by atoms with van der Waals surface area (Å²) in [6.07, 6.45) is 0. The lowest BCUT2D eigenvalue weighted by Crippen LogP contribution is -3.00. The topological polar surface area (TPSA) is 0 Å². The summed E-state index contributed by atoms with van der Waals surface area (Å²) >= 11 is 1.87. The van der Waals surface area contributed by atoms with Crippen LogP contribution in [0.1, 0.15) is 0 Å². The van der Waals surface area contributed by atoms with Crippen molar-refractivity contribution in [1.29, 1.82) is 0 Å². The quantitative estimate of drug-likeness (QED) is 0.641. The van der Waals surface area contributed by atoms with Gasteiger partial charge in [-0.3, -0.25) is 4.48 Å². The van der Waals surface area contributed by atoms with E-state index in [0.29, 0.717) is 0 Å². The van der Waals surface area contributed by atoms with Gasteiger partial charge in [0, 0.05) is 12.1 Å².